The van der Waals surface area contributed by atoms with Crippen LogP contribution >= 0.6 is 0 Å². The van der Waals surface area contributed by atoms with E-state index < -0.39 is 17.2 Å². The third-order valence-electron chi connectivity index (χ3n) is 6.94. The quantitative estimate of drug-likeness (QED) is 0.449. The van der Waals surface area contributed by atoms with Crippen LogP contribution in [0.1, 0.15) is 28.5 Å². The van der Waals surface area contributed by atoms with Crippen LogP contribution in [0.25, 0.3) is 21.8 Å². The number of aryl methyl sites for hydroxylation is 2. The molecule has 0 spiro atoms. The number of nitrogens with one attached hydrogen (secondary N) is 1. The van der Waals surface area contributed by atoms with Crippen molar-refractivity contribution in [1.82, 2.24) is 14.5 Å². The second-order valence-electron chi connectivity index (χ2n) is 8.97. The first-order valence-electron chi connectivity index (χ1n) is 11.6. The molecule has 1 aliphatic rings. The van der Waals surface area contributed by atoms with Crippen molar-refractivity contribution >= 4 is 33.5 Å². The minimum Gasteiger partial charge on any atom is -0.477 e. The highest BCUT2D eigenvalue weighted by atomic mass is 19.1. The summed E-state index contributed by atoms with van der Waals surface area (Å²) < 4.78 is 30.4. The van der Waals surface area contributed by atoms with Gasteiger partial charge in [0.05, 0.1) is 11.2 Å². The van der Waals surface area contributed by atoms with Gasteiger partial charge in [-0.15, -0.1) is 0 Å². The van der Waals surface area contributed by atoms with Crippen molar-refractivity contribution in [3.05, 3.63) is 75.2 Å². The van der Waals surface area contributed by atoms with Crippen molar-refractivity contribution in [2.75, 3.05) is 31.1 Å². The van der Waals surface area contributed by atoms with Gasteiger partial charge in [0.1, 0.15) is 17.2 Å². The first-order valence-corrected chi connectivity index (χ1v) is 11.6. The molecule has 9 heteroatoms. The third-order valence-corrected chi connectivity index (χ3v) is 6.94. The van der Waals surface area contributed by atoms with Crippen molar-refractivity contribution in [3.63, 3.8) is 0 Å². The SMILES string of the molecule is CCn1cc(C(=O)O)c(=O)c2cc(F)c(N3CCN(Cc4[nH]c5ccc(F)cc5c4C)CC3)cc21. The number of piperazine rings is 1. The highest BCUT2D eigenvalue weighted by molar-refractivity contribution is 5.93. The molecule has 182 valence electrons. The number of carboxylic acids is 1. The van der Waals surface area contributed by atoms with E-state index in [1.54, 1.807) is 22.8 Å². The van der Waals surface area contributed by atoms with Crippen LogP contribution < -0.4 is 10.3 Å². The monoisotopic (exact) mass is 480 g/mol. The lowest BCUT2D eigenvalue weighted by Crippen LogP contribution is -2.46. The van der Waals surface area contributed by atoms with Crippen LogP contribution in [0.5, 0.6) is 0 Å². The molecule has 35 heavy (non-hydrogen) atoms. The number of carboxylic acid groups (broad SMARTS) is 1. The summed E-state index contributed by atoms with van der Waals surface area (Å²) in [6, 6.07) is 7.54. The van der Waals surface area contributed by atoms with E-state index in [2.05, 4.69) is 9.88 Å². The van der Waals surface area contributed by atoms with Crippen molar-refractivity contribution in [3.8, 4) is 0 Å². The molecule has 2 aromatic heterocycles. The Kier molecular flexibility index (Phi) is 5.80. The maximum atomic E-state index is 15.1. The number of anilines is 1. The van der Waals surface area contributed by atoms with E-state index in [1.165, 1.54) is 12.3 Å². The summed E-state index contributed by atoms with van der Waals surface area (Å²) in [6.45, 7) is 7.57. The van der Waals surface area contributed by atoms with E-state index in [-0.39, 0.29) is 16.8 Å². The Labute approximate surface area is 200 Å². The van der Waals surface area contributed by atoms with E-state index in [0.29, 0.717) is 50.5 Å². The molecular formula is C26H26F2N4O3. The molecule has 0 saturated carbocycles. The Morgan fingerprint density at radius 3 is 2.51 bits per heavy atom. The fraction of sp³-hybridized carbons (Fsp3) is 0.308. The maximum Gasteiger partial charge on any atom is 0.341 e. The lowest BCUT2D eigenvalue weighted by Gasteiger charge is -2.36. The number of fused-ring (bicyclic) bond motifs is 2. The number of pyridine rings is 1. The summed E-state index contributed by atoms with van der Waals surface area (Å²) in [5, 5.41) is 10.3. The highest BCUT2D eigenvalue weighted by Crippen LogP contribution is 2.28. The zero-order valence-corrected chi connectivity index (χ0v) is 19.6. The van der Waals surface area contributed by atoms with E-state index in [0.717, 1.165) is 28.2 Å². The van der Waals surface area contributed by atoms with Crippen LogP contribution in [0.15, 0.2) is 41.3 Å². The van der Waals surface area contributed by atoms with Gasteiger partial charge in [0.25, 0.3) is 0 Å². The molecule has 1 fully saturated rings. The lowest BCUT2D eigenvalue weighted by atomic mass is 10.1. The van der Waals surface area contributed by atoms with Crippen molar-refractivity contribution in [1.29, 1.82) is 0 Å². The van der Waals surface area contributed by atoms with E-state index >= 15 is 4.39 Å². The fourth-order valence-corrected chi connectivity index (χ4v) is 4.94. The van der Waals surface area contributed by atoms with Gasteiger partial charge in [0.2, 0.25) is 5.43 Å². The van der Waals surface area contributed by atoms with Gasteiger partial charge >= 0.3 is 5.97 Å². The molecule has 7 nitrogen and oxygen atoms in total. The fourth-order valence-electron chi connectivity index (χ4n) is 4.94. The molecule has 3 heterocycles. The molecule has 1 saturated heterocycles. The predicted octanol–water partition coefficient (Wildman–Crippen LogP) is 4.11. The van der Waals surface area contributed by atoms with Crippen molar-refractivity contribution in [2.24, 2.45) is 0 Å². The number of aromatic carboxylic acids is 1. The summed E-state index contributed by atoms with van der Waals surface area (Å²) in [7, 11) is 0. The van der Waals surface area contributed by atoms with Gasteiger partial charge in [-0.25, -0.2) is 13.6 Å². The van der Waals surface area contributed by atoms with Gasteiger partial charge in [0.15, 0.2) is 0 Å². The number of carbonyl (C=O) groups is 1. The van der Waals surface area contributed by atoms with Gasteiger partial charge in [-0.1, -0.05) is 0 Å². The Morgan fingerprint density at radius 2 is 1.83 bits per heavy atom. The normalized spacial score (nSPS) is 14.8. The number of aromatic amines is 1. The second-order valence-corrected chi connectivity index (χ2v) is 8.97. The molecule has 0 aliphatic carbocycles. The minimum absolute atomic E-state index is 0.0670. The van der Waals surface area contributed by atoms with E-state index in [9.17, 15) is 19.1 Å². The van der Waals surface area contributed by atoms with Gasteiger partial charge in [-0.05, 0) is 49.7 Å². The number of benzene rings is 2. The van der Waals surface area contributed by atoms with E-state index in [4.69, 9.17) is 0 Å². The van der Waals surface area contributed by atoms with Crippen molar-refractivity contribution in [2.45, 2.75) is 26.9 Å². The Balaban J connectivity index is 1.38. The van der Waals surface area contributed by atoms with Crippen LogP contribution in [-0.2, 0) is 13.1 Å². The number of aromatic nitrogens is 2. The van der Waals surface area contributed by atoms with Crippen LogP contribution in [0, 0.1) is 18.6 Å². The lowest BCUT2D eigenvalue weighted by molar-refractivity contribution is 0.0695. The number of halogens is 2. The minimum atomic E-state index is -1.32. The molecule has 0 bridgehead atoms. The van der Waals surface area contributed by atoms with E-state index in [1.807, 2.05) is 18.7 Å². The highest BCUT2D eigenvalue weighted by Gasteiger charge is 2.23. The summed E-state index contributed by atoms with van der Waals surface area (Å²) in [5.41, 5.74) is 2.85. The molecule has 2 aromatic carbocycles. The molecule has 0 radical (unpaired) electrons. The summed E-state index contributed by atoms with van der Waals surface area (Å²) in [5.74, 6) is -2.12. The average molecular weight is 481 g/mol. The number of hydrogen-bond acceptors (Lipinski definition) is 4. The largest absolute Gasteiger partial charge is 0.477 e. The average Bonchev–Trinajstić information content (AvgIpc) is 3.14. The topological polar surface area (TPSA) is 81.6 Å². The molecule has 0 amide bonds. The summed E-state index contributed by atoms with van der Waals surface area (Å²) >= 11 is 0. The molecular weight excluding hydrogens is 454 g/mol. The Morgan fingerprint density at radius 1 is 1.09 bits per heavy atom. The summed E-state index contributed by atoms with van der Waals surface area (Å²) in [4.78, 5) is 31.6. The molecule has 0 atom stereocenters. The van der Waals surface area contributed by atoms with Crippen LogP contribution in [-0.4, -0.2) is 51.7 Å². The van der Waals surface area contributed by atoms with Gasteiger partial charge in [0, 0.05) is 67.4 Å². The Bertz CT molecular complexity index is 1520. The predicted molar refractivity (Wildman–Crippen MR) is 131 cm³/mol. The van der Waals surface area contributed by atoms with Crippen molar-refractivity contribution < 1.29 is 18.7 Å². The zero-order valence-electron chi connectivity index (χ0n) is 19.6. The van der Waals surface area contributed by atoms with Gasteiger partial charge < -0.3 is 19.6 Å². The molecule has 0 unspecified atom stereocenters. The zero-order chi connectivity index (χ0) is 24.9. The van der Waals surface area contributed by atoms with Crippen LogP contribution in [0.3, 0.4) is 0 Å². The second kappa shape index (κ2) is 8.81. The van der Waals surface area contributed by atoms with Gasteiger partial charge in [-0.2, -0.15) is 0 Å². The molecule has 1 aliphatic heterocycles. The third kappa shape index (κ3) is 4.05. The van der Waals surface area contributed by atoms with Gasteiger partial charge in [-0.3, -0.25) is 9.69 Å². The maximum absolute atomic E-state index is 15.1. The first-order chi connectivity index (χ1) is 16.8. The Hall–Kier alpha value is -3.72. The standard InChI is InChI=1S/C26H26F2N4O3/c1-3-31-13-19(26(34)35)25(33)18-11-20(28)24(12-23(18)31)32-8-6-30(7-9-32)14-22-15(2)17-10-16(27)4-5-21(17)29-22/h4-5,10-13,29H,3,6-9,14H2,1-2H3,(H,34,35). The molecule has 5 rings (SSSR count). The molecule has 2 N–H and O–H groups in total. The first kappa shape index (κ1) is 23.0. The summed E-state index contributed by atoms with van der Waals surface area (Å²) in [6.07, 6.45) is 1.32. The molecule has 4 aromatic rings. The number of rotatable bonds is 5. The number of nitrogens with zero attached hydrogens (tertiary/aromatic N) is 3. The van der Waals surface area contributed by atoms with Crippen LogP contribution in [0.2, 0.25) is 0 Å². The smallest absolute Gasteiger partial charge is 0.341 e. The number of hydrogen-bond donors (Lipinski definition) is 2. The number of H-pyrrole nitrogens is 1. The van der Waals surface area contributed by atoms with Crippen LogP contribution in [0.4, 0.5) is 14.5 Å².